The van der Waals surface area contributed by atoms with Crippen molar-refractivity contribution in [2.45, 2.75) is 38.1 Å². The van der Waals surface area contributed by atoms with Crippen LogP contribution >= 0.6 is 0 Å². The number of nitrogens with one attached hydrogen (secondary N) is 1. The molecule has 1 fully saturated rings. The molecule has 21 heavy (non-hydrogen) atoms. The summed E-state index contributed by atoms with van der Waals surface area (Å²) in [6, 6.07) is 6.56. The molecule has 114 valence electrons. The van der Waals surface area contributed by atoms with Gasteiger partial charge >= 0.3 is 0 Å². The van der Waals surface area contributed by atoms with E-state index in [2.05, 4.69) is 5.32 Å². The topological polar surface area (TPSA) is 98.3 Å². The lowest BCUT2D eigenvalue weighted by Crippen LogP contribution is -2.38. The van der Waals surface area contributed by atoms with Gasteiger partial charge in [0, 0.05) is 30.6 Å². The van der Waals surface area contributed by atoms with Gasteiger partial charge in [0.05, 0.1) is 4.92 Å². The normalized spacial score (nSPS) is 21.8. The van der Waals surface area contributed by atoms with E-state index in [-0.39, 0.29) is 23.6 Å². The van der Waals surface area contributed by atoms with Gasteiger partial charge in [-0.1, -0.05) is 18.6 Å². The fourth-order valence-corrected chi connectivity index (χ4v) is 2.72. The first-order valence-electron chi connectivity index (χ1n) is 7.33. The Hall–Kier alpha value is -1.95. The highest BCUT2D eigenvalue weighted by molar-refractivity contribution is 5.78. The molecule has 2 atom stereocenters. The van der Waals surface area contributed by atoms with E-state index in [4.69, 9.17) is 5.73 Å². The third kappa shape index (κ3) is 4.53. The first kappa shape index (κ1) is 15.4. The van der Waals surface area contributed by atoms with Crippen molar-refractivity contribution in [2.24, 2.45) is 11.7 Å². The molecule has 2 unspecified atom stereocenters. The number of hydrogen-bond donors (Lipinski definition) is 2. The van der Waals surface area contributed by atoms with Crippen LogP contribution in [0.1, 0.15) is 31.2 Å². The summed E-state index contributed by atoms with van der Waals surface area (Å²) >= 11 is 0. The second-order valence-corrected chi connectivity index (χ2v) is 5.59. The molecule has 0 heterocycles. The van der Waals surface area contributed by atoms with Crippen LogP contribution < -0.4 is 11.1 Å². The van der Waals surface area contributed by atoms with Crippen molar-refractivity contribution in [3.8, 4) is 0 Å². The van der Waals surface area contributed by atoms with Gasteiger partial charge in [0.25, 0.3) is 5.69 Å². The van der Waals surface area contributed by atoms with Crippen LogP contribution in [0.4, 0.5) is 5.69 Å². The molecular formula is C15H21N3O3. The smallest absolute Gasteiger partial charge is 0.269 e. The summed E-state index contributed by atoms with van der Waals surface area (Å²) in [6.45, 7) is 0.544. The molecule has 1 amide bonds. The molecule has 1 aromatic carbocycles. The number of nitrogens with zero attached hydrogens (tertiary/aromatic N) is 1. The number of carbonyl (C=O) groups is 1. The Morgan fingerprint density at radius 2 is 2.05 bits per heavy atom. The fourth-order valence-electron chi connectivity index (χ4n) is 2.72. The minimum absolute atomic E-state index is 0.0330. The molecule has 0 radical (unpaired) electrons. The van der Waals surface area contributed by atoms with Crippen LogP contribution in [0.2, 0.25) is 0 Å². The van der Waals surface area contributed by atoms with Crippen LogP contribution in [-0.4, -0.2) is 23.4 Å². The maximum atomic E-state index is 12.0. The fraction of sp³-hybridized carbons (Fsp3) is 0.533. The highest BCUT2D eigenvalue weighted by Gasteiger charge is 2.24. The van der Waals surface area contributed by atoms with Gasteiger partial charge in [-0.25, -0.2) is 0 Å². The number of benzene rings is 1. The van der Waals surface area contributed by atoms with E-state index in [1.165, 1.54) is 12.1 Å². The van der Waals surface area contributed by atoms with Crippen LogP contribution in [0.15, 0.2) is 24.3 Å². The van der Waals surface area contributed by atoms with Crippen LogP contribution in [0, 0.1) is 16.0 Å². The first-order chi connectivity index (χ1) is 10.1. The highest BCUT2D eigenvalue weighted by atomic mass is 16.6. The molecule has 1 aliphatic rings. The Morgan fingerprint density at radius 1 is 1.33 bits per heavy atom. The molecule has 3 N–H and O–H groups in total. The molecular weight excluding hydrogens is 270 g/mol. The maximum Gasteiger partial charge on any atom is 0.269 e. The molecule has 1 aliphatic carbocycles. The Morgan fingerprint density at radius 3 is 2.67 bits per heavy atom. The van der Waals surface area contributed by atoms with Gasteiger partial charge in [0.2, 0.25) is 5.91 Å². The van der Waals surface area contributed by atoms with Crippen molar-refractivity contribution in [1.29, 1.82) is 0 Å². The summed E-state index contributed by atoms with van der Waals surface area (Å²) in [5, 5.41) is 13.5. The third-order valence-electron chi connectivity index (χ3n) is 3.95. The average molecular weight is 291 g/mol. The van der Waals surface area contributed by atoms with Crippen molar-refractivity contribution in [1.82, 2.24) is 5.32 Å². The van der Waals surface area contributed by atoms with E-state index in [9.17, 15) is 14.9 Å². The summed E-state index contributed by atoms with van der Waals surface area (Å²) in [7, 11) is 0. The number of hydrogen-bond acceptors (Lipinski definition) is 4. The second-order valence-electron chi connectivity index (χ2n) is 5.59. The Kier molecular flexibility index (Phi) is 5.27. The number of nitro benzene ring substituents is 1. The van der Waals surface area contributed by atoms with Crippen LogP contribution in [0.3, 0.4) is 0 Å². The largest absolute Gasteiger partial charge is 0.356 e. The molecule has 2 rings (SSSR count). The van der Waals surface area contributed by atoms with E-state index >= 15 is 0 Å². The monoisotopic (exact) mass is 291 g/mol. The Labute approximate surface area is 123 Å². The Balaban J connectivity index is 1.75. The van der Waals surface area contributed by atoms with Gasteiger partial charge in [-0.3, -0.25) is 14.9 Å². The lowest BCUT2D eigenvalue weighted by atomic mass is 9.85. The summed E-state index contributed by atoms with van der Waals surface area (Å²) in [6.07, 6.45) is 4.37. The first-order valence-corrected chi connectivity index (χ1v) is 7.33. The van der Waals surface area contributed by atoms with Gasteiger partial charge in [-0.15, -0.1) is 0 Å². The summed E-state index contributed by atoms with van der Waals surface area (Å²) in [5.74, 6) is 0.109. The highest BCUT2D eigenvalue weighted by Crippen LogP contribution is 2.23. The number of carbonyl (C=O) groups excluding carboxylic acids is 1. The molecule has 0 bridgehead atoms. The zero-order chi connectivity index (χ0) is 15.2. The molecule has 6 nitrogen and oxygen atoms in total. The molecule has 0 spiro atoms. The SMILES string of the molecule is NC1CCCC(C(=O)NCCc2ccc([N+](=O)[O-])cc2)C1. The predicted octanol–water partition coefficient (Wildman–Crippen LogP) is 1.77. The van der Waals surface area contributed by atoms with Gasteiger partial charge in [0.15, 0.2) is 0 Å². The zero-order valence-electron chi connectivity index (χ0n) is 12.0. The third-order valence-corrected chi connectivity index (χ3v) is 3.95. The van der Waals surface area contributed by atoms with Crippen molar-refractivity contribution in [2.75, 3.05) is 6.54 Å². The summed E-state index contributed by atoms with van der Waals surface area (Å²) < 4.78 is 0. The second kappa shape index (κ2) is 7.17. The quantitative estimate of drug-likeness (QED) is 0.638. The molecule has 0 saturated heterocycles. The lowest BCUT2D eigenvalue weighted by Gasteiger charge is -2.25. The number of nitrogens with two attached hydrogens (primary N) is 1. The van der Waals surface area contributed by atoms with E-state index in [0.717, 1.165) is 31.2 Å². The minimum atomic E-state index is -0.419. The number of nitro groups is 1. The molecule has 0 aromatic heterocycles. The predicted molar refractivity (Wildman–Crippen MR) is 79.7 cm³/mol. The van der Waals surface area contributed by atoms with Gasteiger partial charge in [-0.05, 0) is 31.2 Å². The van der Waals surface area contributed by atoms with Crippen molar-refractivity contribution >= 4 is 11.6 Å². The molecule has 1 aromatic rings. The summed E-state index contributed by atoms with van der Waals surface area (Å²) in [4.78, 5) is 22.2. The zero-order valence-corrected chi connectivity index (χ0v) is 12.0. The number of non-ortho nitro benzene ring substituents is 1. The van der Waals surface area contributed by atoms with Gasteiger partial charge < -0.3 is 11.1 Å². The molecule has 0 aliphatic heterocycles. The van der Waals surface area contributed by atoms with Crippen LogP contribution in [0.5, 0.6) is 0 Å². The minimum Gasteiger partial charge on any atom is -0.356 e. The van der Waals surface area contributed by atoms with E-state index in [1.807, 2.05) is 0 Å². The van der Waals surface area contributed by atoms with E-state index in [0.29, 0.717) is 13.0 Å². The van der Waals surface area contributed by atoms with Crippen molar-refractivity contribution in [3.63, 3.8) is 0 Å². The maximum absolute atomic E-state index is 12.0. The van der Waals surface area contributed by atoms with Gasteiger partial charge in [0.1, 0.15) is 0 Å². The van der Waals surface area contributed by atoms with E-state index in [1.54, 1.807) is 12.1 Å². The van der Waals surface area contributed by atoms with Crippen molar-refractivity contribution < 1.29 is 9.72 Å². The number of amides is 1. The lowest BCUT2D eigenvalue weighted by molar-refractivity contribution is -0.384. The average Bonchev–Trinajstić information content (AvgIpc) is 2.47. The van der Waals surface area contributed by atoms with Crippen molar-refractivity contribution in [3.05, 3.63) is 39.9 Å². The van der Waals surface area contributed by atoms with E-state index < -0.39 is 4.92 Å². The van der Waals surface area contributed by atoms with Crippen LogP contribution in [0.25, 0.3) is 0 Å². The standard InChI is InChI=1S/C15H21N3O3/c16-13-3-1-2-12(10-13)15(19)17-9-8-11-4-6-14(7-5-11)18(20)21/h4-7,12-13H,1-3,8-10,16H2,(H,17,19). The molecule has 1 saturated carbocycles. The van der Waals surface area contributed by atoms with Crippen LogP contribution in [-0.2, 0) is 11.2 Å². The number of rotatable bonds is 5. The Bertz CT molecular complexity index is 501. The van der Waals surface area contributed by atoms with Gasteiger partial charge in [-0.2, -0.15) is 0 Å². The summed E-state index contributed by atoms with van der Waals surface area (Å²) in [5.41, 5.74) is 6.94. The molecule has 6 heteroatoms.